The Hall–Kier alpha value is -1.99. The third-order valence-electron chi connectivity index (χ3n) is 4.32. The van der Waals surface area contributed by atoms with Gasteiger partial charge in [0.2, 0.25) is 11.0 Å². The van der Waals surface area contributed by atoms with Crippen LogP contribution in [0.5, 0.6) is 0 Å². The number of rotatable bonds is 5. The van der Waals surface area contributed by atoms with Crippen molar-refractivity contribution in [1.82, 2.24) is 14.3 Å². The van der Waals surface area contributed by atoms with Gasteiger partial charge in [0.25, 0.3) is 0 Å². The Morgan fingerprint density at radius 2 is 2.04 bits per heavy atom. The number of hydrogen-bond acceptors (Lipinski definition) is 6. The normalized spacial score (nSPS) is 17.5. The summed E-state index contributed by atoms with van der Waals surface area (Å²) in [5, 5.41) is 0.976. The molecule has 0 saturated carbocycles. The molecule has 0 aliphatic carbocycles. The third kappa shape index (κ3) is 3.73. The second kappa shape index (κ2) is 7.72. The molecule has 1 amide bonds. The first kappa shape index (κ1) is 16.9. The number of nitrogens with two attached hydrogens (primary N) is 1. The molecule has 0 spiro atoms. The van der Waals surface area contributed by atoms with Gasteiger partial charge in [-0.25, -0.2) is 4.98 Å². The number of carbonyl (C=O) groups is 1. The molecule has 0 bridgehead atoms. The molecule has 1 fully saturated rings. The number of amides is 1. The zero-order chi connectivity index (χ0) is 16.9. The molecule has 128 valence electrons. The molecule has 0 unspecified atom stereocenters. The van der Waals surface area contributed by atoms with E-state index in [2.05, 4.69) is 26.1 Å². The maximum Gasteiger partial charge on any atom is 0.239 e. The molecular weight excluding hydrogens is 322 g/mol. The molecule has 1 aliphatic rings. The summed E-state index contributed by atoms with van der Waals surface area (Å²) < 4.78 is 4.37. The third-order valence-corrected chi connectivity index (χ3v) is 5.14. The lowest BCUT2D eigenvalue weighted by molar-refractivity contribution is -0.123. The van der Waals surface area contributed by atoms with Crippen LogP contribution in [0.25, 0.3) is 0 Å². The highest BCUT2D eigenvalue weighted by molar-refractivity contribution is 7.09. The number of aryl methyl sites for hydroxylation is 1. The highest BCUT2D eigenvalue weighted by Gasteiger charge is 2.28. The predicted molar refractivity (Wildman–Crippen MR) is 96.1 cm³/mol. The van der Waals surface area contributed by atoms with Gasteiger partial charge in [-0.15, -0.1) is 0 Å². The number of aromatic nitrogens is 2. The van der Waals surface area contributed by atoms with Gasteiger partial charge in [-0.3, -0.25) is 9.69 Å². The van der Waals surface area contributed by atoms with Crippen molar-refractivity contribution in [2.45, 2.75) is 25.8 Å². The van der Waals surface area contributed by atoms with Gasteiger partial charge in [0.15, 0.2) is 0 Å². The van der Waals surface area contributed by atoms with E-state index in [1.165, 1.54) is 11.5 Å². The SMILES string of the molecule is CCc1nsc(N2CCCN([C@H](C(N)=O)c3ccccc3)CC2)n1. The van der Waals surface area contributed by atoms with Crippen LogP contribution in [0.15, 0.2) is 30.3 Å². The lowest BCUT2D eigenvalue weighted by atomic mass is 10.0. The largest absolute Gasteiger partial charge is 0.368 e. The molecule has 3 rings (SSSR count). The van der Waals surface area contributed by atoms with Crippen LogP contribution < -0.4 is 10.6 Å². The number of primary amides is 1. The summed E-state index contributed by atoms with van der Waals surface area (Å²) in [5.74, 6) is 0.606. The maximum absolute atomic E-state index is 12.1. The van der Waals surface area contributed by atoms with Crippen LogP contribution in [0.3, 0.4) is 0 Å². The van der Waals surface area contributed by atoms with Gasteiger partial charge >= 0.3 is 0 Å². The summed E-state index contributed by atoms with van der Waals surface area (Å²) in [6.07, 6.45) is 1.83. The fourth-order valence-electron chi connectivity index (χ4n) is 3.09. The smallest absolute Gasteiger partial charge is 0.239 e. The quantitative estimate of drug-likeness (QED) is 0.895. The van der Waals surface area contributed by atoms with Gasteiger partial charge in [-0.05, 0) is 12.0 Å². The Morgan fingerprint density at radius 1 is 1.25 bits per heavy atom. The van der Waals surface area contributed by atoms with Crippen molar-refractivity contribution < 1.29 is 4.79 Å². The first-order valence-electron chi connectivity index (χ1n) is 8.35. The second-order valence-corrected chi connectivity index (χ2v) is 6.67. The molecule has 2 N–H and O–H groups in total. The number of benzene rings is 1. The van der Waals surface area contributed by atoms with Crippen molar-refractivity contribution in [3.63, 3.8) is 0 Å². The fourth-order valence-corrected chi connectivity index (χ4v) is 3.90. The van der Waals surface area contributed by atoms with Crippen LogP contribution in [0.1, 0.15) is 30.8 Å². The first-order valence-corrected chi connectivity index (χ1v) is 9.12. The minimum Gasteiger partial charge on any atom is -0.368 e. The molecular formula is C17H23N5OS. The standard InChI is InChI=1S/C17H23N5OS/c1-2-14-19-17(24-20-14)22-10-6-9-21(11-12-22)15(16(18)23)13-7-4-3-5-8-13/h3-5,7-8,15H,2,6,9-12H2,1H3,(H2,18,23)/t15-/m0/s1. The van der Waals surface area contributed by atoms with E-state index in [1.54, 1.807) is 0 Å². The number of hydrogen-bond donors (Lipinski definition) is 1. The van der Waals surface area contributed by atoms with Crippen molar-refractivity contribution in [1.29, 1.82) is 0 Å². The Balaban J connectivity index is 1.73. The Kier molecular flexibility index (Phi) is 5.42. The molecule has 2 heterocycles. The zero-order valence-electron chi connectivity index (χ0n) is 13.9. The number of carbonyl (C=O) groups excluding carboxylic acids is 1. The van der Waals surface area contributed by atoms with E-state index in [0.717, 1.165) is 55.5 Å². The topological polar surface area (TPSA) is 75.3 Å². The molecule has 1 atom stereocenters. The molecule has 1 aromatic heterocycles. The van der Waals surface area contributed by atoms with Crippen LogP contribution in [-0.2, 0) is 11.2 Å². The Labute approximate surface area is 146 Å². The lowest BCUT2D eigenvalue weighted by Gasteiger charge is -2.28. The first-order chi connectivity index (χ1) is 11.7. The second-order valence-electron chi connectivity index (χ2n) is 5.94. The summed E-state index contributed by atoms with van der Waals surface area (Å²) in [6.45, 7) is 5.44. The van der Waals surface area contributed by atoms with E-state index < -0.39 is 0 Å². The van der Waals surface area contributed by atoms with E-state index >= 15 is 0 Å². The highest BCUT2D eigenvalue weighted by atomic mass is 32.1. The van der Waals surface area contributed by atoms with Crippen LogP contribution in [0, 0.1) is 0 Å². The molecule has 7 heteroatoms. The van der Waals surface area contributed by atoms with Gasteiger partial charge < -0.3 is 10.6 Å². The summed E-state index contributed by atoms with van der Waals surface area (Å²) in [6, 6.07) is 9.41. The average molecular weight is 345 g/mol. The van der Waals surface area contributed by atoms with Gasteiger partial charge in [0, 0.05) is 44.1 Å². The van der Waals surface area contributed by atoms with Gasteiger partial charge in [0.05, 0.1) is 0 Å². The number of anilines is 1. The van der Waals surface area contributed by atoms with Crippen molar-refractivity contribution in [2.24, 2.45) is 5.73 Å². The Bertz CT molecular complexity index is 675. The van der Waals surface area contributed by atoms with Gasteiger partial charge in [-0.2, -0.15) is 4.37 Å². The monoisotopic (exact) mass is 345 g/mol. The van der Waals surface area contributed by atoms with E-state index in [1.807, 2.05) is 30.3 Å². The molecule has 24 heavy (non-hydrogen) atoms. The molecule has 6 nitrogen and oxygen atoms in total. The summed E-state index contributed by atoms with van der Waals surface area (Å²) >= 11 is 1.46. The predicted octanol–water partition coefficient (Wildman–Crippen LogP) is 1.84. The molecule has 2 aromatic rings. The van der Waals surface area contributed by atoms with Crippen LogP contribution in [0.4, 0.5) is 5.13 Å². The maximum atomic E-state index is 12.1. The van der Waals surface area contributed by atoms with Crippen LogP contribution in [0.2, 0.25) is 0 Å². The fraction of sp³-hybridized carbons (Fsp3) is 0.471. The van der Waals surface area contributed by atoms with Gasteiger partial charge in [0.1, 0.15) is 11.9 Å². The molecule has 1 aliphatic heterocycles. The lowest BCUT2D eigenvalue weighted by Crippen LogP contribution is -2.40. The summed E-state index contributed by atoms with van der Waals surface area (Å²) in [4.78, 5) is 21.1. The minimum absolute atomic E-state index is 0.293. The van der Waals surface area contributed by atoms with Crippen molar-refractivity contribution >= 4 is 22.6 Å². The van der Waals surface area contributed by atoms with E-state index in [4.69, 9.17) is 5.73 Å². The summed E-state index contributed by atoms with van der Waals surface area (Å²) in [7, 11) is 0. The van der Waals surface area contributed by atoms with Crippen molar-refractivity contribution in [3.8, 4) is 0 Å². The molecule has 0 radical (unpaired) electrons. The highest BCUT2D eigenvalue weighted by Crippen LogP contribution is 2.24. The van der Waals surface area contributed by atoms with Crippen LogP contribution >= 0.6 is 11.5 Å². The van der Waals surface area contributed by atoms with E-state index in [-0.39, 0.29) is 11.9 Å². The molecule has 1 saturated heterocycles. The average Bonchev–Trinajstić information content (AvgIpc) is 2.95. The number of nitrogens with zero attached hydrogens (tertiary/aromatic N) is 4. The van der Waals surface area contributed by atoms with Crippen molar-refractivity contribution in [2.75, 3.05) is 31.1 Å². The summed E-state index contributed by atoms with van der Waals surface area (Å²) in [5.41, 5.74) is 6.66. The Morgan fingerprint density at radius 3 is 2.71 bits per heavy atom. The van der Waals surface area contributed by atoms with Crippen LogP contribution in [-0.4, -0.2) is 46.3 Å². The zero-order valence-corrected chi connectivity index (χ0v) is 14.7. The van der Waals surface area contributed by atoms with Crippen molar-refractivity contribution in [3.05, 3.63) is 41.7 Å². The van der Waals surface area contributed by atoms with E-state index in [9.17, 15) is 4.79 Å². The minimum atomic E-state index is -0.369. The molecule has 1 aromatic carbocycles. The van der Waals surface area contributed by atoms with E-state index in [0.29, 0.717) is 0 Å². The van der Waals surface area contributed by atoms with Gasteiger partial charge in [-0.1, -0.05) is 37.3 Å².